The molecule has 0 aliphatic carbocycles. The molecule has 0 amide bonds. The van der Waals surface area contributed by atoms with Crippen molar-refractivity contribution in [1.29, 1.82) is 0 Å². The van der Waals surface area contributed by atoms with E-state index in [0.717, 1.165) is 23.5 Å². The first-order valence-corrected chi connectivity index (χ1v) is 7.00. The van der Waals surface area contributed by atoms with Crippen LogP contribution in [0.4, 0.5) is 0 Å². The van der Waals surface area contributed by atoms with Crippen molar-refractivity contribution in [3.63, 3.8) is 0 Å². The van der Waals surface area contributed by atoms with Crippen LogP contribution < -0.4 is 10.5 Å². The Kier molecular flexibility index (Phi) is 3.92. The second-order valence-electron chi connectivity index (χ2n) is 4.82. The van der Waals surface area contributed by atoms with Gasteiger partial charge in [0.1, 0.15) is 11.5 Å². The van der Waals surface area contributed by atoms with E-state index in [9.17, 15) is 0 Å². The molecule has 0 unspecified atom stereocenters. The van der Waals surface area contributed by atoms with Crippen LogP contribution in [0.3, 0.4) is 0 Å². The van der Waals surface area contributed by atoms with Gasteiger partial charge < -0.3 is 15.2 Å². The van der Waals surface area contributed by atoms with Crippen molar-refractivity contribution in [3.8, 4) is 11.5 Å². The molecule has 0 spiro atoms. The van der Waals surface area contributed by atoms with Gasteiger partial charge in [0, 0.05) is 5.02 Å². The van der Waals surface area contributed by atoms with E-state index >= 15 is 0 Å². The highest BCUT2D eigenvalue weighted by Crippen LogP contribution is 2.31. The zero-order chi connectivity index (χ0) is 13.9. The van der Waals surface area contributed by atoms with Gasteiger partial charge >= 0.3 is 0 Å². The lowest BCUT2D eigenvalue weighted by Gasteiger charge is -2.12. The zero-order valence-corrected chi connectivity index (χ0v) is 11.8. The molecule has 4 heteroatoms. The molecule has 3 rings (SSSR count). The SMILES string of the molecule is NCCc1ccc(Cl)cc1Oc1ccc2c(c1)COC2. The average molecular weight is 290 g/mol. The van der Waals surface area contributed by atoms with E-state index in [4.69, 9.17) is 26.8 Å². The standard InChI is InChI=1S/C16H16ClNO2/c17-14-3-1-11(5-6-18)16(8-14)20-15-4-2-12-9-19-10-13(12)7-15/h1-4,7-8H,5-6,9-10,18H2. The molecule has 2 aromatic carbocycles. The summed E-state index contributed by atoms with van der Waals surface area (Å²) < 4.78 is 11.4. The van der Waals surface area contributed by atoms with Crippen LogP contribution in [0.15, 0.2) is 36.4 Å². The maximum Gasteiger partial charge on any atom is 0.132 e. The van der Waals surface area contributed by atoms with Crippen molar-refractivity contribution < 1.29 is 9.47 Å². The summed E-state index contributed by atoms with van der Waals surface area (Å²) in [5.74, 6) is 1.57. The van der Waals surface area contributed by atoms with E-state index in [-0.39, 0.29) is 0 Å². The molecular weight excluding hydrogens is 274 g/mol. The predicted octanol–water partition coefficient (Wildman–Crippen LogP) is 3.66. The summed E-state index contributed by atoms with van der Waals surface area (Å²) in [6.45, 7) is 1.92. The van der Waals surface area contributed by atoms with Crippen LogP contribution in [0.2, 0.25) is 5.02 Å². The highest BCUT2D eigenvalue weighted by Gasteiger charge is 2.13. The van der Waals surface area contributed by atoms with E-state index < -0.39 is 0 Å². The molecule has 0 saturated heterocycles. The van der Waals surface area contributed by atoms with Crippen molar-refractivity contribution >= 4 is 11.6 Å². The Bertz CT molecular complexity index is 628. The third-order valence-electron chi connectivity index (χ3n) is 3.36. The largest absolute Gasteiger partial charge is 0.457 e. The Labute approximate surface area is 123 Å². The zero-order valence-electron chi connectivity index (χ0n) is 11.1. The van der Waals surface area contributed by atoms with E-state index in [0.29, 0.717) is 24.8 Å². The lowest BCUT2D eigenvalue weighted by atomic mass is 10.1. The van der Waals surface area contributed by atoms with Crippen LogP contribution in [0, 0.1) is 0 Å². The van der Waals surface area contributed by atoms with E-state index in [1.165, 1.54) is 11.1 Å². The molecule has 0 aromatic heterocycles. The monoisotopic (exact) mass is 289 g/mol. The number of fused-ring (bicyclic) bond motifs is 1. The van der Waals surface area contributed by atoms with Crippen molar-refractivity contribution in [3.05, 3.63) is 58.1 Å². The maximum absolute atomic E-state index is 6.05. The van der Waals surface area contributed by atoms with Crippen molar-refractivity contribution in [2.45, 2.75) is 19.6 Å². The fourth-order valence-electron chi connectivity index (χ4n) is 2.32. The van der Waals surface area contributed by atoms with E-state index in [1.807, 2.05) is 36.4 Å². The number of ether oxygens (including phenoxy) is 2. The summed E-state index contributed by atoms with van der Waals surface area (Å²) in [6.07, 6.45) is 0.764. The Morgan fingerprint density at radius 3 is 2.80 bits per heavy atom. The van der Waals surface area contributed by atoms with Gasteiger partial charge in [0.05, 0.1) is 13.2 Å². The summed E-state index contributed by atoms with van der Waals surface area (Å²) in [5, 5.41) is 0.658. The van der Waals surface area contributed by atoms with Crippen LogP contribution in [0.25, 0.3) is 0 Å². The molecular formula is C16H16ClNO2. The second-order valence-corrected chi connectivity index (χ2v) is 5.25. The third-order valence-corrected chi connectivity index (χ3v) is 3.60. The fraction of sp³-hybridized carbons (Fsp3) is 0.250. The molecule has 0 atom stereocenters. The molecule has 1 aliphatic rings. The van der Waals surface area contributed by atoms with Gasteiger partial charge in [0.2, 0.25) is 0 Å². The highest BCUT2D eigenvalue weighted by molar-refractivity contribution is 6.30. The van der Waals surface area contributed by atoms with E-state index in [2.05, 4.69) is 0 Å². The maximum atomic E-state index is 6.05. The second kappa shape index (κ2) is 5.83. The number of halogens is 1. The summed E-state index contributed by atoms with van der Waals surface area (Å²) in [6, 6.07) is 11.7. The molecule has 0 bridgehead atoms. The quantitative estimate of drug-likeness (QED) is 0.934. The van der Waals surface area contributed by atoms with Gasteiger partial charge in [0.15, 0.2) is 0 Å². The Balaban J connectivity index is 1.88. The highest BCUT2D eigenvalue weighted by atomic mass is 35.5. The minimum atomic E-state index is 0.579. The van der Waals surface area contributed by atoms with Gasteiger partial charge in [-0.3, -0.25) is 0 Å². The Morgan fingerprint density at radius 1 is 1.10 bits per heavy atom. The molecule has 20 heavy (non-hydrogen) atoms. The minimum Gasteiger partial charge on any atom is -0.457 e. The number of rotatable bonds is 4. The number of hydrogen-bond acceptors (Lipinski definition) is 3. The molecule has 2 N–H and O–H groups in total. The summed E-state index contributed by atoms with van der Waals surface area (Å²) >= 11 is 6.05. The normalized spacial score (nSPS) is 13.3. The lowest BCUT2D eigenvalue weighted by molar-refractivity contribution is 0.134. The Morgan fingerprint density at radius 2 is 1.95 bits per heavy atom. The van der Waals surface area contributed by atoms with E-state index in [1.54, 1.807) is 0 Å². The van der Waals surface area contributed by atoms with Crippen molar-refractivity contribution in [2.24, 2.45) is 5.73 Å². The molecule has 0 fully saturated rings. The first-order valence-electron chi connectivity index (χ1n) is 6.62. The van der Waals surface area contributed by atoms with Gasteiger partial charge in [-0.25, -0.2) is 0 Å². The third kappa shape index (κ3) is 2.80. The summed E-state index contributed by atoms with van der Waals surface area (Å²) in [4.78, 5) is 0. The first-order chi connectivity index (χ1) is 9.76. The fourth-order valence-corrected chi connectivity index (χ4v) is 2.49. The molecule has 0 radical (unpaired) electrons. The molecule has 104 valence electrons. The molecule has 2 aromatic rings. The average Bonchev–Trinajstić information content (AvgIpc) is 2.89. The number of hydrogen-bond donors (Lipinski definition) is 1. The summed E-state index contributed by atoms with van der Waals surface area (Å²) in [7, 11) is 0. The van der Waals surface area contributed by atoms with Crippen LogP contribution >= 0.6 is 11.6 Å². The molecule has 1 aliphatic heterocycles. The smallest absolute Gasteiger partial charge is 0.132 e. The van der Waals surface area contributed by atoms with Gasteiger partial charge in [-0.2, -0.15) is 0 Å². The lowest BCUT2D eigenvalue weighted by Crippen LogP contribution is -2.04. The van der Waals surface area contributed by atoms with Gasteiger partial charge in [-0.15, -0.1) is 0 Å². The van der Waals surface area contributed by atoms with Gasteiger partial charge in [-0.05, 0) is 53.9 Å². The molecule has 3 nitrogen and oxygen atoms in total. The number of nitrogens with two attached hydrogens (primary N) is 1. The van der Waals surface area contributed by atoms with Crippen molar-refractivity contribution in [2.75, 3.05) is 6.54 Å². The van der Waals surface area contributed by atoms with Gasteiger partial charge in [0.25, 0.3) is 0 Å². The van der Waals surface area contributed by atoms with Crippen LogP contribution in [-0.2, 0) is 24.4 Å². The molecule has 0 saturated carbocycles. The minimum absolute atomic E-state index is 0.579. The van der Waals surface area contributed by atoms with Crippen LogP contribution in [0.1, 0.15) is 16.7 Å². The van der Waals surface area contributed by atoms with Gasteiger partial charge in [-0.1, -0.05) is 23.7 Å². The molecule has 1 heterocycles. The first kappa shape index (κ1) is 13.4. The van der Waals surface area contributed by atoms with Crippen LogP contribution in [-0.4, -0.2) is 6.54 Å². The van der Waals surface area contributed by atoms with Crippen molar-refractivity contribution in [1.82, 2.24) is 0 Å². The predicted molar refractivity (Wildman–Crippen MR) is 79.2 cm³/mol. The topological polar surface area (TPSA) is 44.5 Å². The Hall–Kier alpha value is -1.55. The van der Waals surface area contributed by atoms with Crippen LogP contribution in [0.5, 0.6) is 11.5 Å². The summed E-state index contributed by atoms with van der Waals surface area (Å²) in [5.41, 5.74) is 9.11. The number of benzene rings is 2.